The number of nitrogens with zero attached hydrogens (tertiary/aromatic N) is 1. The van der Waals surface area contributed by atoms with Gasteiger partial charge in [0.05, 0.1) is 11.6 Å². The minimum absolute atomic E-state index is 0.0507. The van der Waals surface area contributed by atoms with Crippen LogP contribution < -0.4 is 9.47 Å². The van der Waals surface area contributed by atoms with Crippen molar-refractivity contribution in [2.24, 2.45) is 0 Å². The molecular weight excluding hydrogens is 359 g/mol. The molecular formula is C20H20F3NO3. The van der Waals surface area contributed by atoms with Crippen molar-refractivity contribution in [1.82, 2.24) is 4.90 Å². The molecule has 1 saturated heterocycles. The lowest BCUT2D eigenvalue weighted by molar-refractivity contribution is -0.137. The van der Waals surface area contributed by atoms with Crippen molar-refractivity contribution in [1.29, 1.82) is 0 Å². The van der Waals surface area contributed by atoms with Gasteiger partial charge < -0.3 is 14.6 Å². The molecule has 144 valence electrons. The number of ether oxygens (including phenoxy) is 2. The molecule has 7 heteroatoms. The van der Waals surface area contributed by atoms with Crippen LogP contribution in [0.1, 0.15) is 42.0 Å². The molecule has 4 rings (SSSR count). The number of rotatable bonds is 3. The van der Waals surface area contributed by atoms with Crippen LogP contribution in [0.4, 0.5) is 13.2 Å². The first-order valence-electron chi connectivity index (χ1n) is 8.97. The average molecular weight is 379 g/mol. The summed E-state index contributed by atoms with van der Waals surface area (Å²) in [6.07, 6.45) is -1.21. The van der Waals surface area contributed by atoms with Gasteiger partial charge in [0, 0.05) is 11.6 Å². The van der Waals surface area contributed by atoms with Gasteiger partial charge in [-0.25, -0.2) is 0 Å². The van der Waals surface area contributed by atoms with Gasteiger partial charge in [-0.05, 0) is 49.7 Å². The zero-order valence-corrected chi connectivity index (χ0v) is 14.6. The third-order valence-electron chi connectivity index (χ3n) is 5.13. The quantitative estimate of drug-likeness (QED) is 0.838. The van der Waals surface area contributed by atoms with Crippen LogP contribution in [0.15, 0.2) is 36.4 Å². The topological polar surface area (TPSA) is 41.9 Å². The summed E-state index contributed by atoms with van der Waals surface area (Å²) < 4.78 is 49.5. The average Bonchev–Trinajstić information content (AvgIpc) is 3.10. The molecule has 0 saturated carbocycles. The lowest BCUT2D eigenvalue weighted by Crippen LogP contribution is -2.34. The number of hydrogen-bond donors (Lipinski definition) is 1. The molecule has 2 aliphatic rings. The number of fused-ring (bicyclic) bond motifs is 1. The van der Waals surface area contributed by atoms with Crippen LogP contribution >= 0.6 is 0 Å². The highest BCUT2D eigenvalue weighted by Crippen LogP contribution is 2.44. The van der Waals surface area contributed by atoms with Gasteiger partial charge >= 0.3 is 6.18 Å². The van der Waals surface area contributed by atoms with E-state index in [0.717, 1.165) is 44.5 Å². The summed E-state index contributed by atoms with van der Waals surface area (Å²) >= 11 is 0. The van der Waals surface area contributed by atoms with Crippen molar-refractivity contribution >= 4 is 0 Å². The molecule has 27 heavy (non-hydrogen) atoms. The second-order valence-electron chi connectivity index (χ2n) is 6.88. The minimum Gasteiger partial charge on any atom is -0.507 e. The number of phenols is 1. The van der Waals surface area contributed by atoms with Crippen molar-refractivity contribution in [3.8, 4) is 17.2 Å². The normalized spacial score (nSPS) is 18.5. The van der Waals surface area contributed by atoms with Gasteiger partial charge in [0.25, 0.3) is 0 Å². The van der Waals surface area contributed by atoms with Crippen LogP contribution in [-0.4, -0.2) is 29.9 Å². The number of hydrogen-bond acceptors (Lipinski definition) is 4. The van der Waals surface area contributed by atoms with Crippen molar-refractivity contribution < 1.29 is 27.8 Å². The highest BCUT2D eigenvalue weighted by Gasteiger charge is 2.32. The molecule has 0 aliphatic carbocycles. The second kappa shape index (κ2) is 6.96. The maximum absolute atomic E-state index is 12.9. The van der Waals surface area contributed by atoms with Gasteiger partial charge in [-0.1, -0.05) is 18.6 Å². The fraction of sp³-hybridized carbons (Fsp3) is 0.400. The monoisotopic (exact) mass is 379 g/mol. The molecule has 2 aromatic carbocycles. The van der Waals surface area contributed by atoms with E-state index in [1.54, 1.807) is 6.07 Å². The van der Waals surface area contributed by atoms with Gasteiger partial charge in [0.1, 0.15) is 5.75 Å². The van der Waals surface area contributed by atoms with E-state index in [4.69, 9.17) is 9.47 Å². The Labute approximate surface area is 155 Å². The molecule has 1 fully saturated rings. The molecule has 0 aromatic heterocycles. The molecule has 0 amide bonds. The summed E-state index contributed by atoms with van der Waals surface area (Å²) in [7, 11) is 0. The Morgan fingerprint density at radius 3 is 2.19 bits per heavy atom. The van der Waals surface area contributed by atoms with E-state index in [1.165, 1.54) is 18.2 Å². The number of phenolic OH excluding ortho intramolecular Hbond substituents is 1. The lowest BCUT2D eigenvalue weighted by Gasteiger charge is -2.35. The van der Waals surface area contributed by atoms with E-state index < -0.39 is 11.7 Å². The maximum atomic E-state index is 12.9. The van der Waals surface area contributed by atoms with Gasteiger partial charge in [-0.2, -0.15) is 13.2 Å². The Morgan fingerprint density at radius 2 is 1.56 bits per heavy atom. The van der Waals surface area contributed by atoms with Crippen LogP contribution in [0.2, 0.25) is 0 Å². The molecule has 0 spiro atoms. The van der Waals surface area contributed by atoms with Crippen molar-refractivity contribution in [3.05, 3.63) is 53.1 Å². The largest absolute Gasteiger partial charge is 0.507 e. The molecule has 0 unspecified atom stereocenters. The third-order valence-corrected chi connectivity index (χ3v) is 5.13. The van der Waals surface area contributed by atoms with Crippen LogP contribution in [0, 0.1) is 0 Å². The SMILES string of the molecule is Oc1cc2c(cc1[C@@H](c1ccc(C(F)(F)F)cc1)N1CCCCC1)OCO2. The summed E-state index contributed by atoms with van der Waals surface area (Å²) in [5, 5.41) is 10.6. The molecule has 0 radical (unpaired) electrons. The molecule has 2 aliphatic heterocycles. The third kappa shape index (κ3) is 3.56. The van der Waals surface area contributed by atoms with Gasteiger partial charge in [-0.15, -0.1) is 0 Å². The van der Waals surface area contributed by atoms with Crippen molar-refractivity contribution in [2.45, 2.75) is 31.5 Å². The standard InChI is InChI=1S/C20H20F3NO3/c21-20(22,23)14-6-4-13(5-7-14)19(24-8-2-1-3-9-24)15-10-17-18(11-16(15)25)27-12-26-17/h4-7,10-11,19,25H,1-3,8-9,12H2/t19-/m1/s1. The second-order valence-corrected chi connectivity index (χ2v) is 6.88. The van der Waals surface area contributed by atoms with Crippen molar-refractivity contribution in [2.75, 3.05) is 19.9 Å². The summed E-state index contributed by atoms with van der Waals surface area (Å²) in [6, 6.07) is 8.07. The predicted molar refractivity (Wildman–Crippen MR) is 92.9 cm³/mol. The first-order valence-corrected chi connectivity index (χ1v) is 8.97. The predicted octanol–water partition coefficient (Wildman–Crippen LogP) is 4.72. The van der Waals surface area contributed by atoms with E-state index >= 15 is 0 Å². The number of aromatic hydroxyl groups is 1. The Hall–Kier alpha value is -2.41. The molecule has 4 nitrogen and oxygen atoms in total. The van der Waals surface area contributed by atoms with Crippen molar-refractivity contribution in [3.63, 3.8) is 0 Å². The van der Waals surface area contributed by atoms with E-state index in [1.807, 2.05) is 0 Å². The maximum Gasteiger partial charge on any atom is 0.416 e. The Balaban J connectivity index is 1.76. The van der Waals surface area contributed by atoms with Gasteiger partial charge in [-0.3, -0.25) is 4.90 Å². The smallest absolute Gasteiger partial charge is 0.416 e. The molecule has 0 bridgehead atoms. The van der Waals surface area contributed by atoms with E-state index in [2.05, 4.69) is 4.90 Å². The molecule has 1 N–H and O–H groups in total. The fourth-order valence-electron chi connectivity index (χ4n) is 3.78. The first kappa shape index (κ1) is 18.0. The Bertz CT molecular complexity index is 814. The fourth-order valence-corrected chi connectivity index (χ4v) is 3.78. The zero-order chi connectivity index (χ0) is 19.0. The van der Waals surface area contributed by atoms with Crippen LogP contribution in [-0.2, 0) is 6.18 Å². The number of likely N-dealkylation sites (tertiary alicyclic amines) is 1. The number of halogens is 3. The number of piperidine rings is 1. The van der Waals surface area contributed by atoms with E-state index in [-0.39, 0.29) is 18.6 Å². The summed E-state index contributed by atoms with van der Waals surface area (Å²) in [5.41, 5.74) is 0.638. The van der Waals surface area contributed by atoms with Gasteiger partial charge in [0.2, 0.25) is 6.79 Å². The van der Waals surface area contributed by atoms with Crippen LogP contribution in [0.25, 0.3) is 0 Å². The Morgan fingerprint density at radius 1 is 0.926 bits per heavy atom. The zero-order valence-electron chi connectivity index (χ0n) is 14.6. The van der Waals surface area contributed by atoms with Crippen LogP contribution in [0.5, 0.6) is 17.2 Å². The summed E-state index contributed by atoms with van der Waals surface area (Å²) in [6.45, 7) is 1.73. The van der Waals surface area contributed by atoms with E-state index in [9.17, 15) is 18.3 Å². The van der Waals surface area contributed by atoms with Gasteiger partial charge in [0.15, 0.2) is 11.5 Å². The highest BCUT2D eigenvalue weighted by atomic mass is 19.4. The van der Waals surface area contributed by atoms with Crippen LogP contribution in [0.3, 0.4) is 0 Å². The Kier molecular flexibility index (Phi) is 4.63. The minimum atomic E-state index is -4.37. The lowest BCUT2D eigenvalue weighted by atomic mass is 9.93. The van der Waals surface area contributed by atoms with E-state index in [0.29, 0.717) is 22.6 Å². The summed E-state index contributed by atoms with van der Waals surface area (Å²) in [4.78, 5) is 2.20. The summed E-state index contributed by atoms with van der Waals surface area (Å²) in [5.74, 6) is 1.06. The highest BCUT2D eigenvalue weighted by molar-refractivity contribution is 5.54. The molecule has 2 heterocycles. The molecule has 2 aromatic rings. The number of benzene rings is 2. The number of alkyl halides is 3. The first-order chi connectivity index (χ1) is 12.9. The molecule has 1 atom stereocenters.